The molecule has 1 N–H and O–H groups in total. The van der Waals surface area contributed by atoms with E-state index in [1.807, 2.05) is 12.1 Å². The molecule has 2 heterocycles. The molecule has 2 atom stereocenters. The van der Waals surface area contributed by atoms with Crippen LogP contribution in [0.2, 0.25) is 0 Å². The lowest BCUT2D eigenvalue weighted by Gasteiger charge is -2.34. The lowest BCUT2D eigenvalue weighted by Crippen LogP contribution is -2.46. The molecule has 0 spiro atoms. The van der Waals surface area contributed by atoms with E-state index in [4.69, 9.17) is 14.2 Å². The van der Waals surface area contributed by atoms with Gasteiger partial charge in [-0.1, -0.05) is 15.9 Å². The molecular weight excluding hydrogens is 338 g/mol. The number of halogens is 1. The lowest BCUT2D eigenvalue weighted by atomic mass is 10.1. The van der Waals surface area contributed by atoms with Crippen molar-refractivity contribution in [2.45, 2.75) is 25.7 Å². The van der Waals surface area contributed by atoms with Crippen molar-refractivity contribution in [3.63, 3.8) is 0 Å². The first-order valence-corrected chi connectivity index (χ1v) is 8.03. The highest BCUT2D eigenvalue weighted by atomic mass is 79.9. The first-order valence-electron chi connectivity index (χ1n) is 7.23. The van der Waals surface area contributed by atoms with E-state index in [9.17, 15) is 5.11 Å². The second kappa shape index (κ2) is 6.52. The molecule has 2 unspecified atom stereocenters. The average Bonchev–Trinajstić information content (AvgIpc) is 2.48. The van der Waals surface area contributed by atoms with E-state index in [1.54, 1.807) is 6.92 Å². The van der Waals surface area contributed by atoms with Gasteiger partial charge in [-0.15, -0.1) is 0 Å². The van der Waals surface area contributed by atoms with Crippen LogP contribution in [0, 0.1) is 0 Å². The maximum absolute atomic E-state index is 9.68. The number of ether oxygens (including phenoxy) is 3. The Labute approximate surface area is 132 Å². The van der Waals surface area contributed by atoms with Crippen molar-refractivity contribution in [3.8, 4) is 11.5 Å². The fourth-order valence-corrected chi connectivity index (χ4v) is 3.08. The summed E-state index contributed by atoms with van der Waals surface area (Å²) in [4.78, 5) is 2.29. The van der Waals surface area contributed by atoms with Crippen LogP contribution < -0.4 is 9.47 Å². The molecule has 1 fully saturated rings. The maximum Gasteiger partial charge on any atom is 0.162 e. The topological polar surface area (TPSA) is 51.2 Å². The SMILES string of the molecule is CC(O)C1CN(Cc2cc3c(cc2Br)OCCO3)CCO1. The monoisotopic (exact) mass is 357 g/mol. The van der Waals surface area contributed by atoms with E-state index in [0.29, 0.717) is 19.8 Å². The lowest BCUT2D eigenvalue weighted by molar-refractivity contribution is -0.0846. The highest BCUT2D eigenvalue weighted by molar-refractivity contribution is 9.10. The summed E-state index contributed by atoms with van der Waals surface area (Å²) in [5.74, 6) is 1.60. The molecule has 5 nitrogen and oxygen atoms in total. The van der Waals surface area contributed by atoms with Gasteiger partial charge in [0, 0.05) is 24.1 Å². The zero-order valence-corrected chi connectivity index (χ0v) is 13.6. The molecule has 0 radical (unpaired) electrons. The number of hydrogen-bond acceptors (Lipinski definition) is 5. The third-order valence-electron chi connectivity index (χ3n) is 3.82. The van der Waals surface area contributed by atoms with Gasteiger partial charge in [0.25, 0.3) is 0 Å². The quantitative estimate of drug-likeness (QED) is 0.893. The molecule has 2 aliphatic rings. The summed E-state index contributed by atoms with van der Waals surface area (Å²) >= 11 is 3.60. The van der Waals surface area contributed by atoms with Crippen molar-refractivity contribution >= 4 is 15.9 Å². The molecular formula is C15H20BrNO4. The molecule has 21 heavy (non-hydrogen) atoms. The van der Waals surface area contributed by atoms with E-state index in [2.05, 4.69) is 20.8 Å². The van der Waals surface area contributed by atoms with Gasteiger partial charge in [-0.2, -0.15) is 0 Å². The minimum Gasteiger partial charge on any atom is -0.486 e. The fourth-order valence-electron chi connectivity index (χ4n) is 2.64. The molecule has 6 heteroatoms. The van der Waals surface area contributed by atoms with E-state index in [-0.39, 0.29) is 6.10 Å². The van der Waals surface area contributed by atoms with Gasteiger partial charge in [-0.3, -0.25) is 4.90 Å². The second-order valence-electron chi connectivity index (χ2n) is 5.47. The smallest absolute Gasteiger partial charge is 0.162 e. The van der Waals surface area contributed by atoms with Crippen molar-refractivity contribution in [2.24, 2.45) is 0 Å². The van der Waals surface area contributed by atoms with Crippen molar-refractivity contribution in [1.82, 2.24) is 4.90 Å². The van der Waals surface area contributed by atoms with Crippen molar-refractivity contribution in [1.29, 1.82) is 0 Å². The van der Waals surface area contributed by atoms with Crippen LogP contribution in [0.4, 0.5) is 0 Å². The number of fused-ring (bicyclic) bond motifs is 1. The number of benzene rings is 1. The zero-order chi connectivity index (χ0) is 14.8. The van der Waals surface area contributed by atoms with Crippen LogP contribution in [0.25, 0.3) is 0 Å². The molecule has 0 amide bonds. The third kappa shape index (κ3) is 3.51. The van der Waals surface area contributed by atoms with Gasteiger partial charge in [0.1, 0.15) is 13.2 Å². The van der Waals surface area contributed by atoms with Gasteiger partial charge in [0.2, 0.25) is 0 Å². The van der Waals surface area contributed by atoms with Crippen LogP contribution in [0.15, 0.2) is 16.6 Å². The maximum atomic E-state index is 9.68. The van der Waals surface area contributed by atoms with Gasteiger partial charge in [0.05, 0.1) is 18.8 Å². The van der Waals surface area contributed by atoms with E-state index >= 15 is 0 Å². The van der Waals surface area contributed by atoms with E-state index < -0.39 is 6.10 Å². The minimum atomic E-state index is -0.448. The average molecular weight is 358 g/mol. The molecule has 0 saturated carbocycles. The zero-order valence-electron chi connectivity index (χ0n) is 12.0. The van der Waals surface area contributed by atoms with Crippen LogP contribution in [0.3, 0.4) is 0 Å². The molecule has 1 saturated heterocycles. The summed E-state index contributed by atoms with van der Waals surface area (Å²) in [6.07, 6.45) is -0.564. The molecule has 0 bridgehead atoms. The van der Waals surface area contributed by atoms with Crippen LogP contribution >= 0.6 is 15.9 Å². The summed E-state index contributed by atoms with van der Waals surface area (Å²) in [6, 6.07) is 4.00. The second-order valence-corrected chi connectivity index (χ2v) is 6.33. The molecule has 3 rings (SSSR count). The van der Waals surface area contributed by atoms with Crippen LogP contribution in [-0.4, -0.2) is 55.1 Å². The predicted molar refractivity (Wildman–Crippen MR) is 81.8 cm³/mol. The number of hydrogen-bond donors (Lipinski definition) is 1. The first kappa shape index (κ1) is 15.1. The molecule has 1 aromatic carbocycles. The Bertz CT molecular complexity index is 509. The number of nitrogens with zero attached hydrogens (tertiary/aromatic N) is 1. The summed E-state index contributed by atoms with van der Waals surface area (Å²) in [7, 11) is 0. The Kier molecular flexibility index (Phi) is 4.69. The summed E-state index contributed by atoms with van der Waals surface area (Å²) in [6.45, 7) is 6.01. The van der Waals surface area contributed by atoms with Crippen molar-refractivity contribution < 1.29 is 19.3 Å². The molecule has 1 aromatic rings. The molecule has 2 aliphatic heterocycles. The van der Waals surface area contributed by atoms with Crippen molar-refractivity contribution in [2.75, 3.05) is 32.9 Å². The number of rotatable bonds is 3. The first-order chi connectivity index (χ1) is 10.1. The highest BCUT2D eigenvalue weighted by Gasteiger charge is 2.25. The van der Waals surface area contributed by atoms with Gasteiger partial charge < -0.3 is 19.3 Å². The Hall–Kier alpha value is -0.820. The van der Waals surface area contributed by atoms with Crippen molar-refractivity contribution in [3.05, 3.63) is 22.2 Å². The Morgan fingerprint density at radius 1 is 1.29 bits per heavy atom. The summed E-state index contributed by atoms with van der Waals surface area (Å²) in [5.41, 5.74) is 1.16. The predicted octanol–water partition coefficient (Wildman–Crippen LogP) is 1.80. The molecule has 116 valence electrons. The van der Waals surface area contributed by atoms with Crippen LogP contribution in [-0.2, 0) is 11.3 Å². The standard InChI is InChI=1S/C15H20BrNO4/c1-10(18)15-9-17(2-3-19-15)8-11-6-13-14(7-12(11)16)21-5-4-20-13/h6-7,10,15,18H,2-5,8-9H2,1H3. The van der Waals surface area contributed by atoms with Gasteiger partial charge in [-0.05, 0) is 24.6 Å². The van der Waals surface area contributed by atoms with E-state index in [1.165, 1.54) is 0 Å². The Morgan fingerprint density at radius 2 is 2.00 bits per heavy atom. The highest BCUT2D eigenvalue weighted by Crippen LogP contribution is 2.36. The summed E-state index contributed by atoms with van der Waals surface area (Å²) < 4.78 is 17.8. The number of aliphatic hydroxyl groups excluding tert-OH is 1. The third-order valence-corrected chi connectivity index (χ3v) is 4.56. The normalized spacial score (nSPS) is 23.9. The van der Waals surface area contributed by atoms with Crippen LogP contribution in [0.1, 0.15) is 12.5 Å². The Balaban J connectivity index is 1.72. The van der Waals surface area contributed by atoms with Crippen LogP contribution in [0.5, 0.6) is 11.5 Å². The largest absolute Gasteiger partial charge is 0.486 e. The molecule has 0 aliphatic carbocycles. The summed E-state index contributed by atoms with van der Waals surface area (Å²) in [5, 5.41) is 9.68. The van der Waals surface area contributed by atoms with E-state index in [0.717, 1.165) is 41.2 Å². The Morgan fingerprint density at radius 3 is 2.71 bits per heavy atom. The van der Waals surface area contributed by atoms with Gasteiger partial charge in [0.15, 0.2) is 11.5 Å². The fraction of sp³-hybridized carbons (Fsp3) is 0.600. The van der Waals surface area contributed by atoms with Gasteiger partial charge >= 0.3 is 0 Å². The number of morpholine rings is 1. The minimum absolute atomic E-state index is 0.116. The van der Waals surface area contributed by atoms with Gasteiger partial charge in [-0.25, -0.2) is 0 Å². The molecule has 0 aromatic heterocycles. The number of aliphatic hydroxyl groups is 1.